The molecule has 0 aliphatic heterocycles. The van der Waals surface area contributed by atoms with E-state index in [9.17, 15) is 14.0 Å². The molecule has 9 heteroatoms. The number of hydrogen-bond acceptors (Lipinski definition) is 6. The molecule has 0 atom stereocenters. The Hall–Kier alpha value is -4.79. The van der Waals surface area contributed by atoms with Gasteiger partial charge in [0.25, 0.3) is 5.91 Å². The van der Waals surface area contributed by atoms with E-state index < -0.39 is 17.7 Å². The third-order valence-corrected chi connectivity index (χ3v) is 4.64. The SMILES string of the molecule is Cc1cc(N)ccc1N.Cc1cc(N)ccc1NC(=O)c1ccccc1F.O=C(O)c1ccco1. The molecule has 35 heavy (non-hydrogen) atoms. The van der Waals surface area contributed by atoms with Crippen molar-refractivity contribution in [3.05, 3.63) is 107 Å². The molecule has 0 saturated carbocycles. The molecule has 0 fully saturated rings. The van der Waals surface area contributed by atoms with Crippen molar-refractivity contribution in [3.63, 3.8) is 0 Å². The highest BCUT2D eigenvalue weighted by Crippen LogP contribution is 2.19. The topological polar surface area (TPSA) is 158 Å². The number of nitrogens with two attached hydrogens (primary N) is 3. The quantitative estimate of drug-likeness (QED) is 0.256. The zero-order valence-electron chi connectivity index (χ0n) is 19.3. The molecule has 1 heterocycles. The van der Waals surface area contributed by atoms with E-state index >= 15 is 0 Å². The second-order valence-corrected chi connectivity index (χ2v) is 7.41. The molecule has 1 amide bonds. The maximum atomic E-state index is 13.4. The first-order chi connectivity index (χ1) is 16.6. The molecule has 8 N–H and O–H groups in total. The predicted molar refractivity (Wildman–Crippen MR) is 136 cm³/mol. The smallest absolute Gasteiger partial charge is 0.371 e. The summed E-state index contributed by atoms with van der Waals surface area (Å²) in [4.78, 5) is 21.9. The van der Waals surface area contributed by atoms with Gasteiger partial charge in [0.1, 0.15) is 5.82 Å². The summed E-state index contributed by atoms with van der Waals surface area (Å²) in [5.41, 5.74) is 21.3. The Bertz CT molecular complexity index is 1290. The zero-order valence-corrected chi connectivity index (χ0v) is 19.3. The minimum absolute atomic E-state index is 0.0220. The zero-order chi connectivity index (χ0) is 26.0. The van der Waals surface area contributed by atoms with Crippen LogP contribution in [0, 0.1) is 19.7 Å². The van der Waals surface area contributed by atoms with Crippen LogP contribution in [-0.4, -0.2) is 17.0 Å². The second kappa shape index (κ2) is 12.4. The average molecular weight is 479 g/mol. The highest BCUT2D eigenvalue weighted by Gasteiger charge is 2.11. The number of nitrogen functional groups attached to an aromatic ring is 3. The monoisotopic (exact) mass is 478 g/mol. The Morgan fingerprint density at radius 2 is 1.49 bits per heavy atom. The fourth-order valence-corrected chi connectivity index (χ4v) is 2.76. The number of amides is 1. The molecule has 8 nitrogen and oxygen atoms in total. The molecular formula is C26H27FN4O4. The molecule has 0 aliphatic rings. The number of anilines is 4. The Morgan fingerprint density at radius 3 is 1.97 bits per heavy atom. The van der Waals surface area contributed by atoms with E-state index in [-0.39, 0.29) is 11.3 Å². The normalized spacial score (nSPS) is 9.69. The number of aryl methyl sites for hydroxylation is 2. The van der Waals surface area contributed by atoms with Gasteiger partial charge in [-0.3, -0.25) is 4.79 Å². The van der Waals surface area contributed by atoms with Crippen molar-refractivity contribution in [1.29, 1.82) is 0 Å². The summed E-state index contributed by atoms with van der Waals surface area (Å²) < 4.78 is 17.9. The van der Waals surface area contributed by atoms with Crippen LogP contribution in [0.1, 0.15) is 32.0 Å². The minimum atomic E-state index is -1.03. The van der Waals surface area contributed by atoms with Crippen LogP contribution in [0.4, 0.5) is 27.1 Å². The second-order valence-electron chi connectivity index (χ2n) is 7.41. The molecule has 3 aromatic carbocycles. The molecule has 182 valence electrons. The number of carboxylic acid groups (broad SMARTS) is 1. The summed E-state index contributed by atoms with van der Waals surface area (Å²) in [5.74, 6) is -2.07. The number of nitrogens with one attached hydrogen (secondary N) is 1. The van der Waals surface area contributed by atoms with Gasteiger partial charge in [-0.25, -0.2) is 9.18 Å². The highest BCUT2D eigenvalue weighted by atomic mass is 19.1. The van der Waals surface area contributed by atoms with E-state index in [2.05, 4.69) is 9.73 Å². The van der Waals surface area contributed by atoms with Gasteiger partial charge in [0.05, 0.1) is 11.8 Å². The summed E-state index contributed by atoms with van der Waals surface area (Å²) in [6, 6.07) is 19.4. The van der Waals surface area contributed by atoms with Crippen LogP contribution < -0.4 is 22.5 Å². The fourth-order valence-electron chi connectivity index (χ4n) is 2.76. The van der Waals surface area contributed by atoms with Crippen LogP contribution in [0.3, 0.4) is 0 Å². The number of rotatable bonds is 3. The Morgan fingerprint density at radius 1 is 0.857 bits per heavy atom. The van der Waals surface area contributed by atoms with Crippen LogP contribution in [0.2, 0.25) is 0 Å². The van der Waals surface area contributed by atoms with Crippen molar-refractivity contribution in [2.75, 3.05) is 22.5 Å². The lowest BCUT2D eigenvalue weighted by atomic mass is 10.1. The van der Waals surface area contributed by atoms with Crippen LogP contribution in [-0.2, 0) is 0 Å². The van der Waals surface area contributed by atoms with Crippen LogP contribution in [0.25, 0.3) is 0 Å². The number of carbonyl (C=O) groups excluding carboxylic acids is 1. The van der Waals surface area contributed by atoms with Crippen molar-refractivity contribution >= 4 is 34.6 Å². The van der Waals surface area contributed by atoms with E-state index in [0.717, 1.165) is 22.5 Å². The van der Waals surface area contributed by atoms with Gasteiger partial charge in [-0.15, -0.1) is 0 Å². The van der Waals surface area contributed by atoms with Gasteiger partial charge in [-0.2, -0.15) is 0 Å². The number of hydrogen-bond donors (Lipinski definition) is 5. The van der Waals surface area contributed by atoms with E-state index in [4.69, 9.17) is 22.3 Å². The van der Waals surface area contributed by atoms with Gasteiger partial charge >= 0.3 is 5.97 Å². The summed E-state index contributed by atoms with van der Waals surface area (Å²) in [7, 11) is 0. The van der Waals surface area contributed by atoms with Gasteiger partial charge < -0.3 is 32.0 Å². The molecule has 0 spiro atoms. The van der Waals surface area contributed by atoms with E-state index in [1.807, 2.05) is 26.0 Å². The summed E-state index contributed by atoms with van der Waals surface area (Å²) >= 11 is 0. The molecule has 0 aliphatic carbocycles. The van der Waals surface area contributed by atoms with Crippen molar-refractivity contribution in [2.45, 2.75) is 13.8 Å². The predicted octanol–water partition coefficient (Wildman–Crippen LogP) is 5.11. The molecule has 0 bridgehead atoms. The van der Waals surface area contributed by atoms with Crippen molar-refractivity contribution in [2.24, 2.45) is 0 Å². The lowest BCUT2D eigenvalue weighted by molar-refractivity contribution is 0.0662. The van der Waals surface area contributed by atoms with Crippen LogP contribution in [0.5, 0.6) is 0 Å². The average Bonchev–Trinajstić information content (AvgIpc) is 3.35. The highest BCUT2D eigenvalue weighted by molar-refractivity contribution is 6.04. The van der Waals surface area contributed by atoms with E-state index in [1.54, 1.807) is 36.4 Å². The van der Waals surface area contributed by atoms with E-state index in [1.165, 1.54) is 30.5 Å². The fraction of sp³-hybridized carbons (Fsp3) is 0.0769. The summed E-state index contributed by atoms with van der Waals surface area (Å²) in [6.07, 6.45) is 1.32. The Kier molecular flexibility index (Phi) is 9.41. The van der Waals surface area contributed by atoms with Crippen molar-refractivity contribution in [3.8, 4) is 0 Å². The molecule has 4 rings (SSSR count). The van der Waals surface area contributed by atoms with Gasteiger partial charge in [0, 0.05) is 22.7 Å². The van der Waals surface area contributed by atoms with Crippen molar-refractivity contribution in [1.82, 2.24) is 0 Å². The van der Waals surface area contributed by atoms with E-state index in [0.29, 0.717) is 11.4 Å². The van der Waals surface area contributed by atoms with Gasteiger partial charge in [-0.1, -0.05) is 12.1 Å². The third kappa shape index (κ3) is 8.25. The number of halogens is 1. The summed E-state index contributed by atoms with van der Waals surface area (Å²) in [6.45, 7) is 3.76. The first-order valence-corrected chi connectivity index (χ1v) is 10.4. The molecule has 4 aromatic rings. The molecule has 0 unspecified atom stereocenters. The summed E-state index contributed by atoms with van der Waals surface area (Å²) in [5, 5.41) is 10.8. The third-order valence-electron chi connectivity index (χ3n) is 4.64. The van der Waals surface area contributed by atoms with Gasteiger partial charge in [0.2, 0.25) is 5.76 Å². The van der Waals surface area contributed by atoms with Gasteiger partial charge in [-0.05, 0) is 85.6 Å². The molecular weight excluding hydrogens is 451 g/mol. The maximum Gasteiger partial charge on any atom is 0.371 e. The largest absolute Gasteiger partial charge is 0.475 e. The van der Waals surface area contributed by atoms with Crippen LogP contribution in [0.15, 0.2) is 83.5 Å². The number of benzene rings is 3. The van der Waals surface area contributed by atoms with Crippen LogP contribution >= 0.6 is 0 Å². The first-order valence-electron chi connectivity index (χ1n) is 10.4. The Labute approximate surface area is 202 Å². The number of aromatic carboxylic acids is 1. The molecule has 1 aromatic heterocycles. The molecule has 0 radical (unpaired) electrons. The number of carboxylic acids is 1. The lowest BCUT2D eigenvalue weighted by Crippen LogP contribution is -2.14. The standard InChI is InChI=1S/C14H13FN2O.C7H10N2.C5H4O3/c1-9-8-10(16)6-7-13(9)17-14(18)11-4-2-3-5-12(11)15;1-5-4-6(8)2-3-7(5)9;6-5(7)4-2-1-3-8-4/h2-8H,16H2,1H3,(H,17,18);2-4H,8-9H2,1H3;1-3H,(H,6,7). The Balaban J connectivity index is 0.000000211. The minimum Gasteiger partial charge on any atom is -0.475 e. The number of carbonyl (C=O) groups is 2. The first kappa shape index (κ1) is 26.5. The maximum absolute atomic E-state index is 13.4. The van der Waals surface area contributed by atoms with Crippen molar-refractivity contribution < 1.29 is 23.5 Å². The molecule has 0 saturated heterocycles. The lowest BCUT2D eigenvalue weighted by Gasteiger charge is -2.09. The van der Waals surface area contributed by atoms with Gasteiger partial charge in [0.15, 0.2) is 0 Å². The number of furan rings is 1.